The highest BCUT2D eigenvalue weighted by Crippen LogP contribution is 2.31. The minimum absolute atomic E-state index is 0.665. The van der Waals surface area contributed by atoms with Crippen molar-refractivity contribution in [3.8, 4) is 17.0 Å². The number of nitrogens with zero attached hydrogens (tertiary/aromatic N) is 2. The van der Waals surface area contributed by atoms with Crippen molar-refractivity contribution in [3.63, 3.8) is 0 Å². The van der Waals surface area contributed by atoms with Gasteiger partial charge in [0.15, 0.2) is 0 Å². The summed E-state index contributed by atoms with van der Waals surface area (Å²) in [6, 6.07) is 7.98. The first-order valence-corrected chi connectivity index (χ1v) is 6.87. The maximum Gasteiger partial charge on any atom is 0.131 e. The number of benzene rings is 1. The zero-order valence-electron chi connectivity index (χ0n) is 11.2. The Kier molecular flexibility index (Phi) is 3.15. The number of nitrogens with two attached hydrogens (primary N) is 1. The smallest absolute Gasteiger partial charge is 0.131 e. The van der Waals surface area contributed by atoms with E-state index in [1.807, 2.05) is 31.2 Å². The Morgan fingerprint density at radius 2 is 2.26 bits per heavy atom. The van der Waals surface area contributed by atoms with Crippen LogP contribution >= 0.6 is 0 Å². The zero-order valence-corrected chi connectivity index (χ0v) is 11.2. The van der Waals surface area contributed by atoms with Gasteiger partial charge < -0.3 is 15.0 Å². The van der Waals surface area contributed by atoms with Gasteiger partial charge in [0.25, 0.3) is 0 Å². The molecule has 0 unspecified atom stereocenters. The van der Waals surface area contributed by atoms with Gasteiger partial charge in [0.1, 0.15) is 23.1 Å². The van der Waals surface area contributed by atoms with E-state index >= 15 is 0 Å². The molecular formula is C15H19N3O. The molecule has 1 aliphatic rings. The molecule has 2 N–H and O–H groups in total. The molecule has 0 saturated carbocycles. The molecule has 0 aliphatic carbocycles. The lowest BCUT2D eigenvalue weighted by molar-refractivity contribution is 0.340. The second-order valence-electron chi connectivity index (χ2n) is 4.83. The summed E-state index contributed by atoms with van der Waals surface area (Å²) in [5.41, 5.74) is 8.16. The van der Waals surface area contributed by atoms with Crippen molar-refractivity contribution in [2.24, 2.45) is 0 Å². The number of ether oxygens (including phenoxy) is 1. The number of aromatic nitrogens is 2. The Hall–Kier alpha value is -1.97. The van der Waals surface area contributed by atoms with Gasteiger partial charge in [-0.2, -0.15) is 0 Å². The van der Waals surface area contributed by atoms with Gasteiger partial charge in [0, 0.05) is 18.5 Å². The highest BCUT2D eigenvalue weighted by Gasteiger charge is 2.18. The van der Waals surface area contributed by atoms with Crippen LogP contribution in [0, 0.1) is 0 Å². The first-order valence-electron chi connectivity index (χ1n) is 6.87. The molecule has 4 nitrogen and oxygen atoms in total. The highest BCUT2D eigenvalue weighted by atomic mass is 16.5. The lowest BCUT2D eigenvalue weighted by Gasteiger charge is -2.14. The van der Waals surface area contributed by atoms with Crippen molar-refractivity contribution in [2.45, 2.75) is 32.7 Å². The van der Waals surface area contributed by atoms with Crippen LogP contribution in [0.2, 0.25) is 0 Å². The average Bonchev–Trinajstić information content (AvgIpc) is 2.78. The summed E-state index contributed by atoms with van der Waals surface area (Å²) in [5.74, 6) is 2.76. The van der Waals surface area contributed by atoms with Crippen molar-refractivity contribution in [1.29, 1.82) is 0 Å². The van der Waals surface area contributed by atoms with E-state index in [0.29, 0.717) is 6.61 Å². The highest BCUT2D eigenvalue weighted by molar-refractivity contribution is 5.72. The minimum Gasteiger partial charge on any atom is -0.494 e. The number of fused-ring (bicyclic) bond motifs is 1. The number of rotatable bonds is 3. The van der Waals surface area contributed by atoms with Crippen LogP contribution in [0.5, 0.6) is 5.75 Å². The van der Waals surface area contributed by atoms with Crippen LogP contribution in [0.15, 0.2) is 24.3 Å². The van der Waals surface area contributed by atoms with Gasteiger partial charge in [-0.3, -0.25) is 0 Å². The lowest BCUT2D eigenvalue weighted by atomic mass is 10.1. The van der Waals surface area contributed by atoms with Crippen LogP contribution in [0.1, 0.15) is 25.6 Å². The Morgan fingerprint density at radius 1 is 1.37 bits per heavy atom. The van der Waals surface area contributed by atoms with Crippen molar-refractivity contribution in [3.05, 3.63) is 30.1 Å². The summed E-state index contributed by atoms with van der Waals surface area (Å²) in [6.07, 6.45) is 3.41. The van der Waals surface area contributed by atoms with Gasteiger partial charge in [-0.15, -0.1) is 0 Å². The van der Waals surface area contributed by atoms with E-state index in [2.05, 4.69) is 4.57 Å². The molecule has 4 heteroatoms. The Labute approximate surface area is 113 Å². The lowest BCUT2D eigenvalue weighted by Crippen LogP contribution is -2.12. The second-order valence-corrected chi connectivity index (χ2v) is 4.83. The summed E-state index contributed by atoms with van der Waals surface area (Å²) < 4.78 is 7.68. The monoisotopic (exact) mass is 257 g/mol. The number of hydrogen-bond donors (Lipinski definition) is 1. The Balaban J connectivity index is 2.02. The molecule has 1 aromatic carbocycles. The Bertz CT molecular complexity index is 589. The topological polar surface area (TPSA) is 53.1 Å². The summed E-state index contributed by atoms with van der Waals surface area (Å²) in [4.78, 5) is 4.70. The standard InChI is InChI=1S/C15H19N3O/c1-2-19-12-7-5-6-11(10-12)14-15(16)18-9-4-3-8-13(18)17-14/h5-7,10H,2-4,8-9,16H2,1H3. The van der Waals surface area contributed by atoms with Crippen LogP contribution in [-0.2, 0) is 13.0 Å². The van der Waals surface area contributed by atoms with Gasteiger partial charge in [0.05, 0.1) is 6.61 Å². The molecule has 0 radical (unpaired) electrons. The molecule has 19 heavy (non-hydrogen) atoms. The largest absolute Gasteiger partial charge is 0.494 e. The van der Waals surface area contributed by atoms with Gasteiger partial charge in [-0.1, -0.05) is 12.1 Å². The maximum absolute atomic E-state index is 6.24. The molecule has 0 saturated heterocycles. The average molecular weight is 257 g/mol. The molecular weight excluding hydrogens is 238 g/mol. The van der Waals surface area contributed by atoms with Crippen molar-refractivity contribution in [2.75, 3.05) is 12.3 Å². The third-order valence-electron chi connectivity index (χ3n) is 3.54. The molecule has 1 aliphatic heterocycles. The number of aryl methyl sites for hydroxylation is 1. The molecule has 0 amide bonds. The van der Waals surface area contributed by atoms with E-state index < -0.39 is 0 Å². The van der Waals surface area contributed by atoms with Crippen LogP contribution in [0.25, 0.3) is 11.3 Å². The molecule has 3 rings (SSSR count). The van der Waals surface area contributed by atoms with Gasteiger partial charge in [0.2, 0.25) is 0 Å². The van der Waals surface area contributed by atoms with Crippen LogP contribution < -0.4 is 10.5 Å². The first-order chi connectivity index (χ1) is 9.29. The van der Waals surface area contributed by atoms with Gasteiger partial charge in [-0.25, -0.2) is 4.98 Å². The van der Waals surface area contributed by atoms with Crippen LogP contribution in [0.3, 0.4) is 0 Å². The summed E-state index contributed by atoms with van der Waals surface area (Å²) >= 11 is 0. The number of nitrogen functional groups attached to an aromatic ring is 1. The fourth-order valence-corrected chi connectivity index (χ4v) is 2.62. The summed E-state index contributed by atoms with van der Waals surface area (Å²) in [6.45, 7) is 3.63. The predicted octanol–water partition coefficient (Wildman–Crippen LogP) is 2.87. The molecule has 0 bridgehead atoms. The van der Waals surface area contributed by atoms with E-state index in [1.165, 1.54) is 12.8 Å². The van der Waals surface area contributed by atoms with E-state index in [4.69, 9.17) is 15.5 Å². The molecule has 2 aromatic rings. The molecule has 100 valence electrons. The van der Waals surface area contributed by atoms with Crippen LogP contribution in [-0.4, -0.2) is 16.2 Å². The molecule has 0 atom stereocenters. The zero-order chi connectivity index (χ0) is 13.2. The van der Waals surface area contributed by atoms with E-state index in [9.17, 15) is 0 Å². The third-order valence-corrected chi connectivity index (χ3v) is 3.54. The number of anilines is 1. The van der Waals surface area contributed by atoms with E-state index in [-0.39, 0.29) is 0 Å². The predicted molar refractivity (Wildman–Crippen MR) is 76.2 cm³/mol. The van der Waals surface area contributed by atoms with Crippen molar-refractivity contribution in [1.82, 2.24) is 9.55 Å². The minimum atomic E-state index is 0.665. The molecule has 0 spiro atoms. The SMILES string of the molecule is CCOc1cccc(-c2nc3n(c2N)CCCC3)c1. The second kappa shape index (κ2) is 4.96. The summed E-state index contributed by atoms with van der Waals surface area (Å²) in [5, 5.41) is 0. The molecule has 1 aromatic heterocycles. The van der Waals surface area contributed by atoms with E-state index in [0.717, 1.165) is 41.6 Å². The van der Waals surface area contributed by atoms with Crippen molar-refractivity contribution >= 4 is 5.82 Å². The number of imidazole rings is 1. The van der Waals surface area contributed by atoms with E-state index in [1.54, 1.807) is 0 Å². The van der Waals surface area contributed by atoms with Crippen LogP contribution in [0.4, 0.5) is 5.82 Å². The summed E-state index contributed by atoms with van der Waals surface area (Å²) in [7, 11) is 0. The third kappa shape index (κ3) is 2.18. The van der Waals surface area contributed by atoms with Gasteiger partial charge in [-0.05, 0) is 31.9 Å². The normalized spacial score (nSPS) is 14.2. The van der Waals surface area contributed by atoms with Crippen molar-refractivity contribution < 1.29 is 4.74 Å². The Morgan fingerprint density at radius 3 is 3.05 bits per heavy atom. The molecule has 0 fully saturated rings. The maximum atomic E-state index is 6.24. The van der Waals surface area contributed by atoms with Gasteiger partial charge >= 0.3 is 0 Å². The molecule has 2 heterocycles. The number of hydrogen-bond acceptors (Lipinski definition) is 3. The fraction of sp³-hybridized carbons (Fsp3) is 0.400. The quantitative estimate of drug-likeness (QED) is 0.919. The first kappa shape index (κ1) is 12.1. The fourth-order valence-electron chi connectivity index (χ4n) is 2.62.